The number of esters is 3. The Hall–Kier alpha value is -3.10. The number of rotatable bonds is 8. The highest BCUT2D eigenvalue weighted by Crippen LogP contribution is 2.23. The molecule has 0 saturated heterocycles. The highest BCUT2D eigenvalue weighted by atomic mass is 16.6. The second kappa shape index (κ2) is 11.2. The molecule has 9 nitrogen and oxygen atoms in total. The van der Waals surface area contributed by atoms with Crippen LogP contribution in [0.25, 0.3) is 0 Å². The van der Waals surface area contributed by atoms with Gasteiger partial charge in [0, 0.05) is 19.8 Å². The fraction of sp³-hybridized carbons (Fsp3) is 0.524. The third-order valence-electron chi connectivity index (χ3n) is 3.82. The molecule has 0 spiro atoms. The van der Waals surface area contributed by atoms with Gasteiger partial charge in [-0.2, -0.15) is 0 Å². The van der Waals surface area contributed by atoms with Crippen LogP contribution in [-0.4, -0.2) is 49.9 Å². The Bertz CT molecular complexity index is 782. The summed E-state index contributed by atoms with van der Waals surface area (Å²) in [6.45, 7) is 6.40. The predicted octanol–water partition coefficient (Wildman–Crippen LogP) is 2.33. The van der Waals surface area contributed by atoms with Gasteiger partial charge in [0.25, 0.3) is 0 Å². The Kier molecular flexibility index (Phi) is 9.29. The standard InChI is InChI=1S/C21H29NO8/c1-13(23)29-17-9-7-14(11-15(17)8-10-18(24)27-5)12-16(19(25)28-6)22-20(26)30-21(2,3)4/h7,9,11,16H,8,10,12H2,1-6H3,(H,22,26)/t16-/m0/s1. The third kappa shape index (κ3) is 8.93. The Balaban J connectivity index is 3.07. The maximum Gasteiger partial charge on any atom is 0.408 e. The molecule has 0 radical (unpaired) electrons. The van der Waals surface area contributed by atoms with E-state index in [1.165, 1.54) is 21.1 Å². The van der Waals surface area contributed by atoms with Crippen LogP contribution in [0.1, 0.15) is 45.2 Å². The summed E-state index contributed by atoms with van der Waals surface area (Å²) in [5, 5.41) is 2.50. The lowest BCUT2D eigenvalue weighted by Gasteiger charge is -2.23. The average molecular weight is 423 g/mol. The number of nitrogens with one attached hydrogen (secondary N) is 1. The van der Waals surface area contributed by atoms with Gasteiger partial charge in [-0.1, -0.05) is 12.1 Å². The van der Waals surface area contributed by atoms with E-state index in [9.17, 15) is 19.2 Å². The molecule has 30 heavy (non-hydrogen) atoms. The van der Waals surface area contributed by atoms with Gasteiger partial charge in [-0.3, -0.25) is 9.59 Å². The Morgan fingerprint density at radius 1 is 1.07 bits per heavy atom. The summed E-state index contributed by atoms with van der Waals surface area (Å²) in [7, 11) is 2.51. The number of amides is 1. The summed E-state index contributed by atoms with van der Waals surface area (Å²) in [4.78, 5) is 47.1. The van der Waals surface area contributed by atoms with E-state index in [-0.39, 0.29) is 19.3 Å². The van der Waals surface area contributed by atoms with E-state index in [1.807, 2.05) is 0 Å². The molecule has 1 rings (SSSR count). The molecule has 0 aliphatic heterocycles. The van der Waals surface area contributed by atoms with Gasteiger partial charge in [-0.05, 0) is 44.4 Å². The van der Waals surface area contributed by atoms with Crippen molar-refractivity contribution in [2.24, 2.45) is 0 Å². The fourth-order valence-corrected chi connectivity index (χ4v) is 2.57. The molecule has 0 fully saturated rings. The maximum atomic E-state index is 12.1. The number of methoxy groups -OCH3 is 2. The normalized spacial score (nSPS) is 11.8. The van der Waals surface area contributed by atoms with Crippen molar-refractivity contribution < 1.29 is 38.1 Å². The Morgan fingerprint density at radius 3 is 2.27 bits per heavy atom. The molecule has 0 saturated carbocycles. The van der Waals surface area contributed by atoms with Gasteiger partial charge < -0.3 is 24.3 Å². The van der Waals surface area contributed by atoms with Crippen molar-refractivity contribution >= 4 is 24.0 Å². The molecule has 0 aliphatic carbocycles. The van der Waals surface area contributed by atoms with Crippen LogP contribution in [0.3, 0.4) is 0 Å². The molecule has 166 valence electrons. The van der Waals surface area contributed by atoms with Gasteiger partial charge in [-0.25, -0.2) is 9.59 Å². The van der Waals surface area contributed by atoms with Gasteiger partial charge in [0.2, 0.25) is 0 Å². The van der Waals surface area contributed by atoms with Crippen molar-refractivity contribution in [3.05, 3.63) is 29.3 Å². The minimum Gasteiger partial charge on any atom is -0.469 e. The van der Waals surface area contributed by atoms with Crippen molar-refractivity contribution in [2.45, 2.75) is 58.6 Å². The summed E-state index contributed by atoms with van der Waals surface area (Å²) in [6.07, 6.45) is -0.284. The van der Waals surface area contributed by atoms with Crippen LogP contribution >= 0.6 is 0 Å². The second-order valence-electron chi connectivity index (χ2n) is 7.54. The lowest BCUT2D eigenvalue weighted by molar-refractivity contribution is -0.143. The molecule has 9 heteroatoms. The zero-order valence-corrected chi connectivity index (χ0v) is 18.2. The van der Waals surface area contributed by atoms with Gasteiger partial charge in [0.1, 0.15) is 17.4 Å². The SMILES string of the molecule is COC(=O)CCc1cc(C[C@H](NC(=O)OC(C)(C)C)C(=O)OC)ccc1OC(C)=O. The Morgan fingerprint density at radius 2 is 1.73 bits per heavy atom. The smallest absolute Gasteiger partial charge is 0.408 e. The van der Waals surface area contributed by atoms with Crippen LogP contribution in [0.15, 0.2) is 18.2 Å². The second-order valence-corrected chi connectivity index (χ2v) is 7.54. The molecule has 0 aliphatic rings. The van der Waals surface area contributed by atoms with E-state index in [2.05, 4.69) is 10.1 Å². The molecule has 0 aromatic heterocycles. The minimum absolute atomic E-state index is 0.0881. The lowest BCUT2D eigenvalue weighted by Crippen LogP contribution is -2.45. The van der Waals surface area contributed by atoms with E-state index in [0.717, 1.165) is 0 Å². The molecule has 1 amide bonds. The first-order valence-electron chi connectivity index (χ1n) is 9.39. The Labute approximate surface area is 176 Å². The van der Waals surface area contributed by atoms with Gasteiger partial charge >= 0.3 is 24.0 Å². The first-order chi connectivity index (χ1) is 13.9. The number of aryl methyl sites for hydroxylation is 1. The predicted molar refractivity (Wildman–Crippen MR) is 107 cm³/mol. The van der Waals surface area contributed by atoms with Gasteiger partial charge in [0.05, 0.1) is 14.2 Å². The van der Waals surface area contributed by atoms with E-state index >= 15 is 0 Å². The number of ether oxygens (including phenoxy) is 4. The maximum absolute atomic E-state index is 12.1. The van der Waals surface area contributed by atoms with Gasteiger partial charge in [0.15, 0.2) is 0 Å². The van der Waals surface area contributed by atoms with Crippen LogP contribution in [0, 0.1) is 0 Å². The van der Waals surface area contributed by atoms with E-state index < -0.39 is 35.6 Å². The number of alkyl carbamates (subject to hydrolysis) is 1. The number of hydrogen-bond donors (Lipinski definition) is 1. The zero-order valence-electron chi connectivity index (χ0n) is 18.2. The summed E-state index contributed by atoms with van der Waals surface area (Å²) in [5.41, 5.74) is 0.531. The highest BCUT2D eigenvalue weighted by Gasteiger charge is 2.25. The lowest BCUT2D eigenvalue weighted by atomic mass is 10.00. The molecule has 1 N–H and O–H groups in total. The number of hydrogen-bond acceptors (Lipinski definition) is 8. The van der Waals surface area contributed by atoms with Crippen molar-refractivity contribution in [1.29, 1.82) is 0 Å². The van der Waals surface area contributed by atoms with E-state index in [1.54, 1.807) is 39.0 Å². The third-order valence-corrected chi connectivity index (χ3v) is 3.82. The zero-order chi connectivity index (χ0) is 22.9. The van der Waals surface area contributed by atoms with Crippen LogP contribution < -0.4 is 10.1 Å². The van der Waals surface area contributed by atoms with E-state index in [0.29, 0.717) is 16.9 Å². The molecule has 1 atom stereocenters. The number of benzene rings is 1. The quantitative estimate of drug-likeness (QED) is 0.385. The molecule has 0 bridgehead atoms. The molecular weight excluding hydrogens is 394 g/mol. The molecule has 0 heterocycles. The van der Waals surface area contributed by atoms with Crippen molar-refractivity contribution in [1.82, 2.24) is 5.32 Å². The average Bonchev–Trinajstić information content (AvgIpc) is 2.64. The van der Waals surface area contributed by atoms with Crippen LogP contribution in [0.2, 0.25) is 0 Å². The van der Waals surface area contributed by atoms with Crippen LogP contribution in [0.4, 0.5) is 4.79 Å². The molecule has 0 unspecified atom stereocenters. The minimum atomic E-state index is -0.988. The van der Waals surface area contributed by atoms with Gasteiger partial charge in [-0.15, -0.1) is 0 Å². The summed E-state index contributed by atoms with van der Waals surface area (Å²) in [6, 6.07) is 3.95. The largest absolute Gasteiger partial charge is 0.469 e. The van der Waals surface area contributed by atoms with Crippen molar-refractivity contribution in [2.75, 3.05) is 14.2 Å². The monoisotopic (exact) mass is 423 g/mol. The molecular formula is C21H29NO8. The first kappa shape index (κ1) is 24.9. The molecule has 1 aromatic rings. The summed E-state index contributed by atoms with van der Waals surface area (Å²) in [5.74, 6) is -1.24. The van der Waals surface area contributed by atoms with Crippen LogP contribution in [-0.2, 0) is 41.4 Å². The van der Waals surface area contributed by atoms with Crippen molar-refractivity contribution in [3.8, 4) is 5.75 Å². The molecule has 1 aromatic carbocycles. The van der Waals surface area contributed by atoms with E-state index in [4.69, 9.17) is 14.2 Å². The fourth-order valence-electron chi connectivity index (χ4n) is 2.57. The topological polar surface area (TPSA) is 117 Å². The summed E-state index contributed by atoms with van der Waals surface area (Å²) < 4.78 is 19.8. The van der Waals surface area contributed by atoms with Crippen molar-refractivity contribution in [3.63, 3.8) is 0 Å². The van der Waals surface area contributed by atoms with Crippen LogP contribution in [0.5, 0.6) is 5.75 Å². The highest BCUT2D eigenvalue weighted by molar-refractivity contribution is 5.81. The number of carbonyl (C=O) groups excluding carboxylic acids is 4. The first-order valence-corrected chi connectivity index (χ1v) is 9.39. The number of carbonyl (C=O) groups is 4. The summed E-state index contributed by atoms with van der Waals surface area (Å²) >= 11 is 0.